The summed E-state index contributed by atoms with van der Waals surface area (Å²) in [7, 11) is 0. The van der Waals surface area contributed by atoms with Crippen LogP contribution in [-0.2, 0) is 29.8 Å². The van der Waals surface area contributed by atoms with Gasteiger partial charge >= 0.3 is 0 Å². The van der Waals surface area contributed by atoms with Gasteiger partial charge in [-0.15, -0.1) is 11.3 Å². The van der Waals surface area contributed by atoms with Crippen molar-refractivity contribution < 1.29 is 4.79 Å². The summed E-state index contributed by atoms with van der Waals surface area (Å²) < 4.78 is 0. The lowest BCUT2D eigenvalue weighted by Gasteiger charge is -2.06. The number of nitriles is 1. The Morgan fingerprint density at radius 3 is 2.93 bits per heavy atom. The molecule has 2 heterocycles. The van der Waals surface area contributed by atoms with Crippen molar-refractivity contribution in [1.82, 2.24) is 9.97 Å². The van der Waals surface area contributed by atoms with Crippen LogP contribution in [0.2, 0.25) is 0 Å². The highest BCUT2D eigenvalue weighted by atomic mass is 32.2. The summed E-state index contributed by atoms with van der Waals surface area (Å²) in [4.78, 5) is 34.2. The van der Waals surface area contributed by atoms with E-state index in [2.05, 4.69) is 21.4 Å². The summed E-state index contributed by atoms with van der Waals surface area (Å²) in [5, 5.41) is 12.3. The van der Waals surface area contributed by atoms with Gasteiger partial charge in [0.1, 0.15) is 10.7 Å². The number of anilines is 1. The summed E-state index contributed by atoms with van der Waals surface area (Å²) in [6, 6.07) is 9.39. The second-order valence-electron chi connectivity index (χ2n) is 6.93. The lowest BCUT2D eigenvalue weighted by Crippen LogP contribution is -2.13. The number of H-pyrrole nitrogens is 1. The van der Waals surface area contributed by atoms with Crippen molar-refractivity contribution in [3.05, 3.63) is 56.4 Å². The Balaban J connectivity index is 1.27. The summed E-state index contributed by atoms with van der Waals surface area (Å²) >= 11 is 3.22. The molecule has 8 heteroatoms. The number of aromatic nitrogens is 2. The average molecular weight is 425 g/mol. The summed E-state index contributed by atoms with van der Waals surface area (Å²) in [5.74, 6) is 1.82. The molecule has 1 aromatic carbocycles. The lowest BCUT2D eigenvalue weighted by atomic mass is 10.1. The number of carbonyl (C=O) groups excluding carboxylic acids is 1. The third kappa shape index (κ3) is 4.52. The van der Waals surface area contributed by atoms with E-state index in [0.29, 0.717) is 30.2 Å². The van der Waals surface area contributed by atoms with Gasteiger partial charge in [0.15, 0.2) is 0 Å². The minimum atomic E-state index is -0.0582. The molecule has 0 radical (unpaired) electrons. The first-order valence-electron chi connectivity index (χ1n) is 9.51. The van der Waals surface area contributed by atoms with Gasteiger partial charge in [0.2, 0.25) is 5.91 Å². The van der Waals surface area contributed by atoms with Crippen molar-refractivity contribution in [3.63, 3.8) is 0 Å². The van der Waals surface area contributed by atoms with Crippen LogP contribution < -0.4 is 10.9 Å². The van der Waals surface area contributed by atoms with Crippen molar-refractivity contribution in [1.29, 1.82) is 5.26 Å². The van der Waals surface area contributed by atoms with Gasteiger partial charge in [-0.2, -0.15) is 17.0 Å². The van der Waals surface area contributed by atoms with Gasteiger partial charge < -0.3 is 10.3 Å². The third-order valence-corrected chi connectivity index (χ3v) is 7.01. The highest BCUT2D eigenvalue weighted by Crippen LogP contribution is 2.34. The third-order valence-electron chi connectivity index (χ3n) is 4.86. The van der Waals surface area contributed by atoms with E-state index < -0.39 is 0 Å². The second kappa shape index (κ2) is 8.80. The van der Waals surface area contributed by atoms with Gasteiger partial charge in [-0.3, -0.25) is 9.59 Å². The van der Waals surface area contributed by atoms with Crippen molar-refractivity contribution in [2.45, 2.75) is 37.9 Å². The van der Waals surface area contributed by atoms with Crippen LogP contribution in [0.3, 0.4) is 0 Å². The van der Waals surface area contributed by atoms with Crippen LogP contribution in [-0.4, -0.2) is 21.6 Å². The van der Waals surface area contributed by atoms with Crippen LogP contribution in [0.4, 0.5) is 5.69 Å². The minimum absolute atomic E-state index is 0.0393. The minimum Gasteiger partial charge on any atom is -0.326 e. The van der Waals surface area contributed by atoms with E-state index in [0.717, 1.165) is 40.7 Å². The monoisotopic (exact) mass is 424 g/mol. The molecule has 0 saturated heterocycles. The van der Waals surface area contributed by atoms with E-state index in [1.165, 1.54) is 10.4 Å². The lowest BCUT2D eigenvalue weighted by molar-refractivity contribution is -0.115. The zero-order chi connectivity index (χ0) is 20.2. The first-order chi connectivity index (χ1) is 14.1. The largest absolute Gasteiger partial charge is 0.326 e. The summed E-state index contributed by atoms with van der Waals surface area (Å²) in [5.41, 5.74) is 2.80. The summed E-state index contributed by atoms with van der Waals surface area (Å²) in [6.45, 7) is 0. The zero-order valence-electron chi connectivity index (χ0n) is 15.8. The maximum atomic E-state index is 12.4. The van der Waals surface area contributed by atoms with Crippen molar-refractivity contribution in [2.75, 3.05) is 11.1 Å². The van der Waals surface area contributed by atoms with Crippen LogP contribution >= 0.6 is 23.1 Å². The van der Waals surface area contributed by atoms with Gasteiger partial charge in [-0.05, 0) is 42.5 Å². The maximum absolute atomic E-state index is 12.4. The molecule has 1 aliphatic rings. The number of carbonyl (C=O) groups is 1. The first kappa shape index (κ1) is 19.7. The molecule has 0 bridgehead atoms. The molecule has 0 aliphatic heterocycles. The number of rotatable bonds is 7. The molecule has 29 heavy (non-hydrogen) atoms. The smallest absolute Gasteiger partial charge is 0.259 e. The van der Waals surface area contributed by atoms with Gasteiger partial charge in [0, 0.05) is 22.7 Å². The number of aryl methyl sites for hydroxylation is 2. The van der Waals surface area contributed by atoms with E-state index in [4.69, 9.17) is 5.26 Å². The van der Waals surface area contributed by atoms with Crippen LogP contribution in [0.1, 0.15) is 34.7 Å². The van der Waals surface area contributed by atoms with Crippen molar-refractivity contribution >= 4 is 44.9 Å². The van der Waals surface area contributed by atoms with Crippen LogP contribution in [0.25, 0.3) is 10.2 Å². The Bertz CT molecular complexity index is 1140. The van der Waals surface area contributed by atoms with Gasteiger partial charge in [-0.25, -0.2) is 4.98 Å². The van der Waals surface area contributed by atoms with E-state index in [9.17, 15) is 9.59 Å². The SMILES string of the molecule is N#CCc1ccc(NC(=O)CCSCc2nc3sc4c(c3c(=O)[nH]2)CCC4)cc1. The number of thioether (sulfide) groups is 1. The average Bonchev–Trinajstić information content (AvgIpc) is 3.28. The van der Waals surface area contributed by atoms with Crippen molar-refractivity contribution in [3.8, 4) is 6.07 Å². The van der Waals surface area contributed by atoms with Crippen molar-refractivity contribution in [2.24, 2.45) is 0 Å². The fourth-order valence-corrected chi connectivity index (χ4v) is 5.55. The molecule has 4 rings (SSSR count). The Hall–Kier alpha value is -2.63. The number of hydrogen-bond acceptors (Lipinski definition) is 6. The standard InChI is InChI=1S/C21H20N4O2S2/c22-10-8-13-4-6-14(7-5-13)23-18(26)9-11-28-12-17-24-20(27)19-15-2-1-3-16(15)29-21(19)25-17/h4-7H,1-3,8-9,11-12H2,(H,23,26)(H,24,25,27). The molecule has 0 unspecified atom stereocenters. The molecule has 6 nitrogen and oxygen atoms in total. The number of hydrogen-bond donors (Lipinski definition) is 2. The predicted molar refractivity (Wildman–Crippen MR) is 117 cm³/mol. The topological polar surface area (TPSA) is 98.6 Å². The Morgan fingerprint density at radius 2 is 2.14 bits per heavy atom. The maximum Gasteiger partial charge on any atom is 0.259 e. The van der Waals surface area contributed by atoms with E-state index in [-0.39, 0.29) is 11.5 Å². The first-order valence-corrected chi connectivity index (χ1v) is 11.5. The number of nitrogens with zero attached hydrogens (tertiary/aromatic N) is 2. The van der Waals surface area contributed by atoms with Gasteiger partial charge in [0.05, 0.1) is 23.6 Å². The molecule has 1 aliphatic carbocycles. The Morgan fingerprint density at radius 1 is 1.31 bits per heavy atom. The molecule has 148 valence electrons. The highest BCUT2D eigenvalue weighted by Gasteiger charge is 2.21. The Labute approximate surface area is 176 Å². The molecule has 3 aromatic rings. The Kier molecular flexibility index (Phi) is 5.97. The fraction of sp³-hybridized carbons (Fsp3) is 0.333. The number of thiophene rings is 1. The second-order valence-corrected chi connectivity index (χ2v) is 9.12. The highest BCUT2D eigenvalue weighted by molar-refractivity contribution is 7.98. The quantitative estimate of drug-likeness (QED) is 0.562. The molecule has 0 saturated carbocycles. The van der Waals surface area contributed by atoms with E-state index >= 15 is 0 Å². The number of benzene rings is 1. The molecule has 0 fully saturated rings. The van der Waals surface area contributed by atoms with E-state index in [1.54, 1.807) is 35.2 Å². The predicted octanol–water partition coefficient (Wildman–Crippen LogP) is 3.80. The van der Waals surface area contributed by atoms with Crippen LogP contribution in [0, 0.1) is 11.3 Å². The number of aromatic amines is 1. The molecule has 2 aromatic heterocycles. The zero-order valence-corrected chi connectivity index (χ0v) is 17.4. The number of nitrogens with one attached hydrogen (secondary N) is 2. The number of fused-ring (bicyclic) bond motifs is 3. The number of amides is 1. The van der Waals surface area contributed by atoms with Crippen LogP contribution in [0.5, 0.6) is 0 Å². The molecule has 0 spiro atoms. The van der Waals surface area contributed by atoms with Gasteiger partial charge in [0.25, 0.3) is 5.56 Å². The molecule has 0 atom stereocenters. The molecular formula is C21H20N4O2S2. The normalized spacial score (nSPS) is 12.7. The van der Waals surface area contributed by atoms with Gasteiger partial charge in [-0.1, -0.05) is 12.1 Å². The van der Waals surface area contributed by atoms with E-state index in [1.807, 2.05) is 12.1 Å². The molecule has 1 amide bonds. The molecular weight excluding hydrogens is 404 g/mol. The fourth-order valence-electron chi connectivity index (χ4n) is 3.47. The molecule has 2 N–H and O–H groups in total. The summed E-state index contributed by atoms with van der Waals surface area (Å²) in [6.07, 6.45) is 3.89. The van der Waals surface area contributed by atoms with Crippen LogP contribution in [0.15, 0.2) is 29.1 Å².